The van der Waals surface area contributed by atoms with Crippen molar-refractivity contribution in [2.45, 2.75) is 32.6 Å². The van der Waals surface area contributed by atoms with Crippen LogP contribution in [-0.4, -0.2) is 42.2 Å². The maximum atomic E-state index is 11.5. The van der Waals surface area contributed by atoms with Crippen LogP contribution in [0.3, 0.4) is 0 Å². The Morgan fingerprint density at radius 3 is 2.80 bits per heavy atom. The van der Waals surface area contributed by atoms with Crippen molar-refractivity contribution in [3.05, 3.63) is 17.5 Å². The number of anilines is 1. The number of morpholine rings is 1. The summed E-state index contributed by atoms with van der Waals surface area (Å²) in [4.78, 5) is 22.4. The van der Waals surface area contributed by atoms with E-state index in [9.17, 15) is 4.79 Å². The summed E-state index contributed by atoms with van der Waals surface area (Å²) in [5.74, 6) is 0.217. The molecule has 0 saturated carbocycles. The summed E-state index contributed by atoms with van der Waals surface area (Å²) in [6.07, 6.45) is 5.59. The van der Waals surface area contributed by atoms with Crippen LogP contribution in [0.1, 0.15) is 42.2 Å². The number of aryl methyl sites for hydroxylation is 1. The van der Waals surface area contributed by atoms with Gasteiger partial charge in [-0.2, -0.15) is 0 Å². The molecule has 0 atom stereocenters. The highest BCUT2D eigenvalue weighted by Crippen LogP contribution is 2.15. The average Bonchev–Trinajstić information content (AvgIpc) is 2.48. The van der Waals surface area contributed by atoms with E-state index in [-0.39, 0.29) is 0 Å². The van der Waals surface area contributed by atoms with Crippen LogP contribution in [0.2, 0.25) is 0 Å². The van der Waals surface area contributed by atoms with Crippen LogP contribution < -0.4 is 10.6 Å². The molecular weight excluding hydrogens is 256 g/mol. The van der Waals surface area contributed by atoms with Gasteiger partial charge in [0.05, 0.1) is 24.5 Å². The van der Waals surface area contributed by atoms with Crippen molar-refractivity contribution in [3.63, 3.8) is 0 Å². The monoisotopic (exact) mass is 278 g/mol. The van der Waals surface area contributed by atoms with Crippen LogP contribution in [0.15, 0.2) is 6.20 Å². The highest BCUT2D eigenvalue weighted by Gasteiger charge is 2.17. The van der Waals surface area contributed by atoms with E-state index >= 15 is 0 Å². The van der Waals surface area contributed by atoms with Crippen molar-refractivity contribution in [3.8, 4) is 0 Å². The summed E-state index contributed by atoms with van der Waals surface area (Å²) in [7, 11) is 0. The Labute approximate surface area is 119 Å². The molecule has 6 nitrogen and oxygen atoms in total. The molecule has 6 heteroatoms. The van der Waals surface area contributed by atoms with Gasteiger partial charge in [-0.3, -0.25) is 4.79 Å². The third-order valence-electron chi connectivity index (χ3n) is 3.43. The topological polar surface area (TPSA) is 81.3 Å². The van der Waals surface area contributed by atoms with Crippen molar-refractivity contribution in [2.24, 2.45) is 5.73 Å². The van der Waals surface area contributed by atoms with Gasteiger partial charge < -0.3 is 15.4 Å². The fraction of sp³-hybridized carbons (Fsp3) is 0.643. The Bertz CT molecular complexity index is 458. The summed E-state index contributed by atoms with van der Waals surface area (Å²) in [6, 6.07) is 0. The molecule has 1 saturated heterocycles. The fourth-order valence-corrected chi connectivity index (χ4v) is 2.26. The Morgan fingerprint density at radius 2 is 2.15 bits per heavy atom. The van der Waals surface area contributed by atoms with E-state index in [1.165, 1.54) is 0 Å². The lowest BCUT2D eigenvalue weighted by Crippen LogP contribution is -2.37. The normalized spacial score (nSPS) is 15.3. The van der Waals surface area contributed by atoms with Gasteiger partial charge in [0.25, 0.3) is 5.91 Å². The van der Waals surface area contributed by atoms with E-state index in [1.807, 2.05) is 0 Å². The number of rotatable bonds is 6. The van der Waals surface area contributed by atoms with E-state index < -0.39 is 5.91 Å². The molecule has 0 bridgehead atoms. The molecule has 2 heterocycles. The van der Waals surface area contributed by atoms with Crippen LogP contribution in [0.4, 0.5) is 5.95 Å². The van der Waals surface area contributed by atoms with Gasteiger partial charge >= 0.3 is 0 Å². The number of hydrogen-bond donors (Lipinski definition) is 1. The number of nitrogens with two attached hydrogens (primary N) is 1. The molecular formula is C14H22N4O2. The van der Waals surface area contributed by atoms with E-state index in [1.54, 1.807) is 6.20 Å². The first kappa shape index (κ1) is 14.7. The molecule has 0 spiro atoms. The zero-order valence-electron chi connectivity index (χ0n) is 12.0. The summed E-state index contributed by atoms with van der Waals surface area (Å²) < 4.78 is 5.32. The van der Waals surface area contributed by atoms with E-state index in [4.69, 9.17) is 10.5 Å². The van der Waals surface area contributed by atoms with Crippen molar-refractivity contribution in [1.29, 1.82) is 0 Å². The average molecular weight is 278 g/mol. The third-order valence-corrected chi connectivity index (χ3v) is 3.43. The van der Waals surface area contributed by atoms with Crippen LogP contribution in [0.25, 0.3) is 0 Å². The molecule has 2 N–H and O–H groups in total. The molecule has 1 amide bonds. The smallest absolute Gasteiger partial charge is 0.252 e. The number of primary amides is 1. The Hall–Kier alpha value is -1.69. The first-order valence-electron chi connectivity index (χ1n) is 7.20. The van der Waals surface area contributed by atoms with Gasteiger partial charge in [0.1, 0.15) is 0 Å². The first-order chi connectivity index (χ1) is 9.72. The SMILES string of the molecule is CCCCCc1nc(N2CCOCC2)ncc1C(N)=O. The second kappa shape index (κ2) is 7.19. The lowest BCUT2D eigenvalue weighted by atomic mass is 10.1. The van der Waals surface area contributed by atoms with Crippen molar-refractivity contribution < 1.29 is 9.53 Å². The second-order valence-corrected chi connectivity index (χ2v) is 4.95. The van der Waals surface area contributed by atoms with Crippen molar-refractivity contribution in [2.75, 3.05) is 31.2 Å². The molecule has 1 fully saturated rings. The maximum Gasteiger partial charge on any atom is 0.252 e. The largest absolute Gasteiger partial charge is 0.378 e. The number of ether oxygens (including phenoxy) is 1. The number of hydrogen-bond acceptors (Lipinski definition) is 5. The number of aromatic nitrogens is 2. The molecule has 110 valence electrons. The predicted molar refractivity (Wildman–Crippen MR) is 76.8 cm³/mol. The van der Waals surface area contributed by atoms with Gasteiger partial charge in [-0.15, -0.1) is 0 Å². The van der Waals surface area contributed by atoms with Crippen LogP contribution in [-0.2, 0) is 11.2 Å². The summed E-state index contributed by atoms with van der Waals surface area (Å²) >= 11 is 0. The first-order valence-corrected chi connectivity index (χ1v) is 7.20. The molecule has 1 aliphatic rings. The Kier molecular flexibility index (Phi) is 5.29. The molecule has 0 aromatic carbocycles. The third kappa shape index (κ3) is 3.66. The highest BCUT2D eigenvalue weighted by atomic mass is 16.5. The lowest BCUT2D eigenvalue weighted by Gasteiger charge is -2.27. The lowest BCUT2D eigenvalue weighted by molar-refractivity contribution is 0.0998. The van der Waals surface area contributed by atoms with Crippen molar-refractivity contribution in [1.82, 2.24) is 9.97 Å². The Balaban J connectivity index is 2.17. The second-order valence-electron chi connectivity index (χ2n) is 4.95. The van der Waals surface area contributed by atoms with Crippen LogP contribution in [0, 0.1) is 0 Å². The zero-order chi connectivity index (χ0) is 14.4. The minimum Gasteiger partial charge on any atom is -0.378 e. The highest BCUT2D eigenvalue weighted by molar-refractivity contribution is 5.93. The van der Waals surface area contributed by atoms with Gasteiger partial charge in [0, 0.05) is 19.3 Å². The standard InChI is InChI=1S/C14H22N4O2/c1-2-3-4-5-12-11(13(15)19)10-16-14(17-12)18-6-8-20-9-7-18/h10H,2-9H2,1H3,(H2,15,19). The summed E-state index contributed by atoms with van der Waals surface area (Å²) in [5.41, 5.74) is 6.60. The molecule has 1 aromatic heterocycles. The van der Waals surface area contributed by atoms with Crippen LogP contribution >= 0.6 is 0 Å². The molecule has 0 unspecified atom stereocenters. The van der Waals surface area contributed by atoms with Gasteiger partial charge in [0.2, 0.25) is 5.95 Å². The number of carbonyl (C=O) groups is 1. The molecule has 0 aliphatic carbocycles. The minimum absolute atomic E-state index is 0.443. The quantitative estimate of drug-likeness (QED) is 0.789. The summed E-state index contributed by atoms with van der Waals surface area (Å²) in [5, 5.41) is 0. The van der Waals surface area contributed by atoms with E-state index in [0.717, 1.165) is 44.5 Å². The number of carbonyl (C=O) groups excluding carboxylic acids is 1. The number of unbranched alkanes of at least 4 members (excludes halogenated alkanes) is 2. The van der Waals surface area contributed by atoms with Crippen LogP contribution in [0.5, 0.6) is 0 Å². The predicted octanol–water partition coefficient (Wildman–Crippen LogP) is 1.14. The van der Waals surface area contributed by atoms with Gasteiger partial charge in [-0.1, -0.05) is 19.8 Å². The Morgan fingerprint density at radius 1 is 1.40 bits per heavy atom. The minimum atomic E-state index is -0.454. The number of amides is 1. The summed E-state index contributed by atoms with van der Waals surface area (Å²) in [6.45, 7) is 5.08. The molecule has 0 radical (unpaired) electrons. The van der Waals surface area contributed by atoms with Gasteiger partial charge in [-0.05, 0) is 12.8 Å². The van der Waals surface area contributed by atoms with Crippen molar-refractivity contribution >= 4 is 11.9 Å². The fourth-order valence-electron chi connectivity index (χ4n) is 2.26. The maximum absolute atomic E-state index is 11.5. The van der Waals surface area contributed by atoms with Gasteiger partial charge in [0.15, 0.2) is 0 Å². The van der Waals surface area contributed by atoms with E-state index in [0.29, 0.717) is 24.7 Å². The van der Waals surface area contributed by atoms with E-state index in [2.05, 4.69) is 21.8 Å². The molecule has 1 aromatic rings. The number of nitrogens with zero attached hydrogens (tertiary/aromatic N) is 3. The zero-order valence-corrected chi connectivity index (χ0v) is 12.0. The molecule has 1 aliphatic heterocycles. The molecule has 2 rings (SSSR count). The van der Waals surface area contributed by atoms with Gasteiger partial charge in [-0.25, -0.2) is 9.97 Å². The molecule has 20 heavy (non-hydrogen) atoms.